The second-order valence-corrected chi connectivity index (χ2v) is 4.89. The van der Waals surface area contributed by atoms with Crippen LogP contribution in [0.5, 0.6) is 0 Å². The van der Waals surface area contributed by atoms with Crippen LogP contribution in [0.15, 0.2) is 0 Å². The topological polar surface area (TPSA) is 24.5 Å². The molecule has 2 aliphatic heterocycles. The predicted octanol–water partition coefficient (Wildman–Crippen LogP) is 1.24. The summed E-state index contributed by atoms with van der Waals surface area (Å²) >= 11 is 0. The third kappa shape index (κ3) is 3.44. The average molecular weight is 212 g/mol. The highest BCUT2D eigenvalue weighted by atomic mass is 16.5. The third-order valence-electron chi connectivity index (χ3n) is 3.63. The lowest BCUT2D eigenvalue weighted by Crippen LogP contribution is -2.47. The average Bonchev–Trinajstić information content (AvgIpc) is 2.46. The van der Waals surface area contributed by atoms with Crippen LogP contribution in [-0.4, -0.2) is 49.8 Å². The number of ether oxygens (including phenoxy) is 1. The van der Waals surface area contributed by atoms with Crippen molar-refractivity contribution in [3.8, 4) is 0 Å². The van der Waals surface area contributed by atoms with Gasteiger partial charge >= 0.3 is 0 Å². The van der Waals surface area contributed by atoms with Crippen molar-refractivity contribution in [1.29, 1.82) is 0 Å². The summed E-state index contributed by atoms with van der Waals surface area (Å²) in [5.41, 5.74) is 0. The molecule has 0 spiro atoms. The molecule has 15 heavy (non-hydrogen) atoms. The molecule has 0 aromatic heterocycles. The predicted molar refractivity (Wildman–Crippen MR) is 62.1 cm³/mol. The molecule has 0 bridgehead atoms. The monoisotopic (exact) mass is 212 g/mol. The van der Waals surface area contributed by atoms with Gasteiger partial charge in [0.05, 0.1) is 12.7 Å². The van der Waals surface area contributed by atoms with Crippen molar-refractivity contribution in [3.05, 3.63) is 0 Å². The first-order valence-electron chi connectivity index (χ1n) is 6.42. The number of hydrogen-bond donors (Lipinski definition) is 1. The van der Waals surface area contributed by atoms with Gasteiger partial charge in [-0.3, -0.25) is 4.90 Å². The van der Waals surface area contributed by atoms with Crippen LogP contribution in [0, 0.1) is 0 Å². The highest BCUT2D eigenvalue weighted by molar-refractivity contribution is 4.77. The lowest BCUT2D eigenvalue weighted by atomic mass is 10.1. The molecule has 2 fully saturated rings. The quantitative estimate of drug-likeness (QED) is 0.745. The summed E-state index contributed by atoms with van der Waals surface area (Å²) < 4.78 is 5.77. The molecule has 0 saturated carbocycles. The zero-order valence-electron chi connectivity index (χ0n) is 9.87. The van der Waals surface area contributed by atoms with E-state index in [4.69, 9.17) is 4.74 Å². The fraction of sp³-hybridized carbons (Fsp3) is 1.00. The molecule has 3 nitrogen and oxygen atoms in total. The lowest BCUT2D eigenvalue weighted by Gasteiger charge is -2.33. The van der Waals surface area contributed by atoms with Gasteiger partial charge in [0.25, 0.3) is 0 Å². The Balaban J connectivity index is 1.79. The summed E-state index contributed by atoms with van der Waals surface area (Å²) in [5, 5.41) is 3.40. The highest BCUT2D eigenvalue weighted by Gasteiger charge is 2.22. The SMILES string of the molecule is CC1CCCCCN1CC1CNCCO1. The first-order valence-corrected chi connectivity index (χ1v) is 6.42. The molecule has 0 radical (unpaired) electrons. The molecule has 0 aromatic rings. The molecule has 1 N–H and O–H groups in total. The van der Waals surface area contributed by atoms with Crippen LogP contribution in [0.1, 0.15) is 32.6 Å². The van der Waals surface area contributed by atoms with Gasteiger partial charge in [-0.1, -0.05) is 12.8 Å². The van der Waals surface area contributed by atoms with E-state index >= 15 is 0 Å². The Morgan fingerprint density at radius 1 is 1.33 bits per heavy atom. The summed E-state index contributed by atoms with van der Waals surface area (Å²) in [5.74, 6) is 0. The molecule has 2 rings (SSSR count). The Morgan fingerprint density at radius 2 is 2.27 bits per heavy atom. The minimum Gasteiger partial charge on any atom is -0.374 e. The molecule has 2 saturated heterocycles. The summed E-state index contributed by atoms with van der Waals surface area (Å²) in [6, 6.07) is 0.748. The van der Waals surface area contributed by atoms with Crippen molar-refractivity contribution in [2.24, 2.45) is 0 Å². The smallest absolute Gasteiger partial charge is 0.0826 e. The standard InChI is InChI=1S/C12H24N2O/c1-11-5-3-2-4-7-14(11)10-12-9-13-6-8-15-12/h11-13H,2-10H2,1H3. The van der Waals surface area contributed by atoms with Crippen LogP contribution in [0.3, 0.4) is 0 Å². The van der Waals surface area contributed by atoms with Crippen molar-refractivity contribution in [2.75, 3.05) is 32.8 Å². The van der Waals surface area contributed by atoms with Crippen LogP contribution >= 0.6 is 0 Å². The summed E-state index contributed by atoms with van der Waals surface area (Å²) in [6.07, 6.45) is 5.95. The largest absolute Gasteiger partial charge is 0.374 e. The van der Waals surface area contributed by atoms with E-state index in [1.54, 1.807) is 0 Å². The Kier molecular flexibility index (Phi) is 4.42. The van der Waals surface area contributed by atoms with E-state index in [0.717, 1.165) is 32.3 Å². The minimum absolute atomic E-state index is 0.416. The van der Waals surface area contributed by atoms with E-state index in [1.807, 2.05) is 0 Å². The van der Waals surface area contributed by atoms with E-state index in [1.165, 1.54) is 32.2 Å². The summed E-state index contributed by atoms with van der Waals surface area (Å²) in [4.78, 5) is 2.62. The van der Waals surface area contributed by atoms with Crippen LogP contribution in [0.4, 0.5) is 0 Å². The minimum atomic E-state index is 0.416. The maximum atomic E-state index is 5.77. The first-order chi connectivity index (χ1) is 7.36. The van der Waals surface area contributed by atoms with Gasteiger partial charge < -0.3 is 10.1 Å². The lowest BCUT2D eigenvalue weighted by molar-refractivity contribution is -0.00113. The molecule has 2 unspecified atom stereocenters. The maximum absolute atomic E-state index is 5.77. The van der Waals surface area contributed by atoms with Gasteiger partial charge in [-0.2, -0.15) is 0 Å². The Labute approximate surface area is 93.2 Å². The van der Waals surface area contributed by atoms with E-state index in [2.05, 4.69) is 17.1 Å². The van der Waals surface area contributed by atoms with Crippen molar-refractivity contribution in [3.63, 3.8) is 0 Å². The van der Waals surface area contributed by atoms with Gasteiger partial charge in [0.15, 0.2) is 0 Å². The van der Waals surface area contributed by atoms with E-state index < -0.39 is 0 Å². The van der Waals surface area contributed by atoms with Crippen LogP contribution < -0.4 is 5.32 Å². The van der Waals surface area contributed by atoms with Crippen LogP contribution in [-0.2, 0) is 4.74 Å². The number of rotatable bonds is 2. The zero-order valence-corrected chi connectivity index (χ0v) is 9.87. The number of nitrogens with one attached hydrogen (secondary N) is 1. The fourth-order valence-corrected chi connectivity index (χ4v) is 2.60. The van der Waals surface area contributed by atoms with Gasteiger partial charge in [0.1, 0.15) is 0 Å². The molecule has 88 valence electrons. The van der Waals surface area contributed by atoms with Gasteiger partial charge in [-0.15, -0.1) is 0 Å². The second kappa shape index (κ2) is 5.83. The Bertz CT molecular complexity index is 180. The van der Waals surface area contributed by atoms with E-state index in [0.29, 0.717) is 6.10 Å². The van der Waals surface area contributed by atoms with Gasteiger partial charge in [-0.25, -0.2) is 0 Å². The van der Waals surface area contributed by atoms with Crippen LogP contribution in [0.25, 0.3) is 0 Å². The molecular formula is C12H24N2O. The summed E-state index contributed by atoms with van der Waals surface area (Å²) in [6.45, 7) is 7.68. The molecule has 0 aromatic carbocycles. The van der Waals surface area contributed by atoms with Gasteiger partial charge in [0.2, 0.25) is 0 Å². The molecule has 0 aliphatic carbocycles. The number of morpholine rings is 1. The van der Waals surface area contributed by atoms with E-state index in [-0.39, 0.29) is 0 Å². The first kappa shape index (κ1) is 11.4. The van der Waals surface area contributed by atoms with Crippen molar-refractivity contribution in [1.82, 2.24) is 10.2 Å². The molecular weight excluding hydrogens is 188 g/mol. The molecule has 0 amide bonds. The third-order valence-corrected chi connectivity index (χ3v) is 3.63. The highest BCUT2D eigenvalue weighted by Crippen LogP contribution is 2.17. The van der Waals surface area contributed by atoms with Gasteiger partial charge in [-0.05, 0) is 26.3 Å². The van der Waals surface area contributed by atoms with Crippen LogP contribution in [0.2, 0.25) is 0 Å². The van der Waals surface area contributed by atoms with E-state index in [9.17, 15) is 0 Å². The molecule has 2 atom stereocenters. The summed E-state index contributed by atoms with van der Waals surface area (Å²) in [7, 11) is 0. The zero-order chi connectivity index (χ0) is 10.5. The molecule has 2 aliphatic rings. The van der Waals surface area contributed by atoms with Crippen molar-refractivity contribution in [2.45, 2.75) is 44.8 Å². The maximum Gasteiger partial charge on any atom is 0.0826 e. The van der Waals surface area contributed by atoms with Crippen molar-refractivity contribution >= 4 is 0 Å². The number of likely N-dealkylation sites (tertiary alicyclic amines) is 1. The normalized spacial score (nSPS) is 35.0. The second-order valence-electron chi connectivity index (χ2n) is 4.89. The van der Waals surface area contributed by atoms with Gasteiger partial charge in [0, 0.05) is 25.7 Å². The molecule has 3 heteroatoms. The van der Waals surface area contributed by atoms with Crippen molar-refractivity contribution < 1.29 is 4.74 Å². The fourth-order valence-electron chi connectivity index (χ4n) is 2.60. The molecule has 2 heterocycles. The number of nitrogens with zero attached hydrogens (tertiary/aromatic N) is 1. The Morgan fingerprint density at radius 3 is 3.07 bits per heavy atom. The number of hydrogen-bond acceptors (Lipinski definition) is 3. The Hall–Kier alpha value is -0.120.